The maximum atomic E-state index is 12.7. The molecule has 3 aromatic rings. The van der Waals surface area contributed by atoms with Gasteiger partial charge in [0.25, 0.3) is 5.91 Å². The summed E-state index contributed by atoms with van der Waals surface area (Å²) in [6.07, 6.45) is 3.50. The number of rotatable bonds is 5. The van der Waals surface area contributed by atoms with Crippen LogP contribution in [0.3, 0.4) is 0 Å². The van der Waals surface area contributed by atoms with Gasteiger partial charge in [0.2, 0.25) is 0 Å². The fourth-order valence-electron chi connectivity index (χ4n) is 3.95. The number of benzene rings is 2. The van der Waals surface area contributed by atoms with Crippen LogP contribution in [0.4, 0.5) is 0 Å². The van der Waals surface area contributed by atoms with Gasteiger partial charge in [-0.3, -0.25) is 4.79 Å². The van der Waals surface area contributed by atoms with Gasteiger partial charge in [0.1, 0.15) is 6.04 Å². The van der Waals surface area contributed by atoms with Crippen LogP contribution in [-0.2, 0) is 4.79 Å². The fourth-order valence-corrected chi connectivity index (χ4v) is 5.11. The Balaban J connectivity index is 1.45. The molecule has 0 bridgehead atoms. The van der Waals surface area contributed by atoms with Gasteiger partial charge in [0.05, 0.1) is 22.8 Å². The average molecular weight is 381 g/mol. The van der Waals surface area contributed by atoms with Crippen molar-refractivity contribution in [3.63, 3.8) is 0 Å². The molecule has 140 valence electrons. The van der Waals surface area contributed by atoms with Crippen molar-refractivity contribution in [2.45, 2.75) is 38.3 Å². The summed E-state index contributed by atoms with van der Waals surface area (Å²) in [7, 11) is 0. The van der Waals surface area contributed by atoms with Crippen molar-refractivity contribution in [3.8, 4) is 0 Å². The van der Waals surface area contributed by atoms with Crippen molar-refractivity contribution in [2.75, 3.05) is 13.1 Å². The van der Waals surface area contributed by atoms with Crippen LogP contribution in [-0.4, -0.2) is 24.0 Å². The number of fused-ring (bicyclic) bond motifs is 1. The minimum absolute atomic E-state index is 0.0313. The van der Waals surface area contributed by atoms with E-state index in [2.05, 4.69) is 35.6 Å². The number of thiazole rings is 1. The Labute approximate surface area is 164 Å². The van der Waals surface area contributed by atoms with Crippen LogP contribution in [0.25, 0.3) is 10.2 Å². The lowest BCUT2D eigenvalue weighted by atomic mass is 10.0. The number of likely N-dealkylation sites (tertiary alicyclic amines) is 1. The summed E-state index contributed by atoms with van der Waals surface area (Å²) in [5, 5.41) is 4.34. The first-order valence-corrected chi connectivity index (χ1v) is 10.6. The number of nitrogens with zero attached hydrogens (tertiary/aromatic N) is 1. The van der Waals surface area contributed by atoms with Crippen LogP contribution in [0.5, 0.6) is 0 Å². The zero-order valence-electron chi connectivity index (χ0n) is 15.7. The van der Waals surface area contributed by atoms with Gasteiger partial charge in [-0.15, -0.1) is 11.3 Å². The molecule has 5 heteroatoms. The molecule has 1 unspecified atom stereocenters. The SMILES string of the molecule is C[C@H](NC(=O)C[NH+]1CCCC[C@@H]1c1nc2ccccc2s1)c1ccccc1. The Morgan fingerprint density at radius 1 is 1.19 bits per heavy atom. The van der Waals surface area contributed by atoms with E-state index in [1.54, 1.807) is 11.3 Å². The van der Waals surface area contributed by atoms with Crippen LogP contribution >= 0.6 is 11.3 Å². The van der Waals surface area contributed by atoms with Gasteiger partial charge in [-0.1, -0.05) is 42.5 Å². The molecule has 2 N–H and O–H groups in total. The number of carbonyl (C=O) groups is 1. The lowest BCUT2D eigenvalue weighted by Crippen LogP contribution is -3.14. The molecule has 0 spiro atoms. The molecule has 27 heavy (non-hydrogen) atoms. The molecule has 2 heterocycles. The molecule has 1 saturated heterocycles. The van der Waals surface area contributed by atoms with Gasteiger partial charge in [-0.25, -0.2) is 4.98 Å². The lowest BCUT2D eigenvalue weighted by molar-refractivity contribution is -0.929. The third-order valence-electron chi connectivity index (χ3n) is 5.41. The lowest BCUT2D eigenvalue weighted by Gasteiger charge is -2.31. The van der Waals surface area contributed by atoms with Gasteiger partial charge in [-0.05, 0) is 37.5 Å². The van der Waals surface area contributed by atoms with Gasteiger partial charge < -0.3 is 10.2 Å². The Kier molecular flexibility index (Phi) is 5.50. The molecule has 0 aliphatic carbocycles. The topological polar surface area (TPSA) is 46.4 Å². The highest BCUT2D eigenvalue weighted by Gasteiger charge is 2.32. The van der Waals surface area contributed by atoms with Gasteiger partial charge in [-0.2, -0.15) is 0 Å². The Morgan fingerprint density at radius 3 is 2.78 bits per heavy atom. The number of amides is 1. The van der Waals surface area contributed by atoms with Crippen molar-refractivity contribution < 1.29 is 9.69 Å². The van der Waals surface area contributed by atoms with E-state index in [1.807, 2.05) is 31.2 Å². The van der Waals surface area contributed by atoms with Crippen LogP contribution in [0.2, 0.25) is 0 Å². The maximum absolute atomic E-state index is 12.7. The Bertz CT molecular complexity index is 875. The number of quaternary nitrogens is 1. The maximum Gasteiger partial charge on any atom is 0.275 e. The zero-order valence-corrected chi connectivity index (χ0v) is 16.5. The highest BCUT2D eigenvalue weighted by Crippen LogP contribution is 2.28. The van der Waals surface area contributed by atoms with E-state index in [4.69, 9.17) is 4.98 Å². The molecular formula is C22H26N3OS+. The second kappa shape index (κ2) is 8.19. The number of hydrogen-bond donors (Lipinski definition) is 2. The van der Waals surface area contributed by atoms with E-state index in [9.17, 15) is 4.79 Å². The monoisotopic (exact) mass is 380 g/mol. The van der Waals surface area contributed by atoms with Crippen LogP contribution in [0.15, 0.2) is 54.6 Å². The molecule has 1 aliphatic rings. The highest BCUT2D eigenvalue weighted by molar-refractivity contribution is 7.18. The number of piperidine rings is 1. The van der Waals surface area contributed by atoms with Crippen molar-refractivity contribution in [3.05, 3.63) is 65.2 Å². The van der Waals surface area contributed by atoms with Gasteiger partial charge >= 0.3 is 0 Å². The summed E-state index contributed by atoms with van der Waals surface area (Å²) in [6.45, 7) is 3.59. The van der Waals surface area contributed by atoms with Crippen molar-refractivity contribution in [2.24, 2.45) is 0 Å². The third-order valence-corrected chi connectivity index (χ3v) is 6.56. The smallest absolute Gasteiger partial charge is 0.275 e. The van der Waals surface area contributed by atoms with Crippen LogP contribution < -0.4 is 10.2 Å². The van der Waals surface area contributed by atoms with Crippen LogP contribution in [0, 0.1) is 0 Å². The molecule has 4 nitrogen and oxygen atoms in total. The van der Waals surface area contributed by atoms with E-state index in [0.717, 1.165) is 24.0 Å². The summed E-state index contributed by atoms with van der Waals surface area (Å²) in [6, 6.07) is 18.8. The molecule has 0 saturated carbocycles. The number of aromatic nitrogens is 1. The first-order chi connectivity index (χ1) is 13.2. The Morgan fingerprint density at radius 2 is 1.96 bits per heavy atom. The molecule has 1 amide bonds. The van der Waals surface area contributed by atoms with Crippen molar-refractivity contribution >= 4 is 27.5 Å². The van der Waals surface area contributed by atoms with E-state index in [0.29, 0.717) is 12.6 Å². The first-order valence-electron chi connectivity index (χ1n) is 9.75. The quantitative estimate of drug-likeness (QED) is 0.714. The predicted octanol–water partition coefficient (Wildman–Crippen LogP) is 3.28. The molecule has 2 aromatic carbocycles. The van der Waals surface area contributed by atoms with Gasteiger partial charge in [0, 0.05) is 6.42 Å². The van der Waals surface area contributed by atoms with Crippen molar-refractivity contribution in [1.82, 2.24) is 10.3 Å². The van der Waals surface area contributed by atoms with Crippen LogP contribution in [0.1, 0.15) is 48.8 Å². The minimum Gasteiger partial charge on any atom is -0.345 e. The summed E-state index contributed by atoms with van der Waals surface area (Å²) in [5.41, 5.74) is 2.21. The third kappa shape index (κ3) is 4.20. The molecule has 4 rings (SSSR count). The van der Waals surface area contributed by atoms with E-state index >= 15 is 0 Å². The second-order valence-electron chi connectivity index (χ2n) is 7.35. The summed E-state index contributed by atoms with van der Waals surface area (Å²) in [4.78, 5) is 18.9. The van der Waals surface area contributed by atoms with E-state index in [1.165, 1.54) is 27.4 Å². The fraction of sp³-hybridized carbons (Fsp3) is 0.364. The number of hydrogen-bond acceptors (Lipinski definition) is 3. The number of carbonyl (C=O) groups excluding carboxylic acids is 1. The molecule has 0 radical (unpaired) electrons. The summed E-state index contributed by atoms with van der Waals surface area (Å²) in [5.74, 6) is 0.120. The largest absolute Gasteiger partial charge is 0.345 e. The summed E-state index contributed by atoms with van der Waals surface area (Å²) >= 11 is 1.78. The zero-order chi connectivity index (χ0) is 18.6. The van der Waals surface area contributed by atoms with Crippen molar-refractivity contribution in [1.29, 1.82) is 0 Å². The van der Waals surface area contributed by atoms with E-state index < -0.39 is 0 Å². The molecule has 1 aliphatic heterocycles. The number of para-hydroxylation sites is 1. The standard InChI is InChI=1S/C22H25N3OS/c1-16(17-9-3-2-4-10-17)23-21(26)15-25-14-8-7-12-19(25)22-24-18-11-5-6-13-20(18)27-22/h2-6,9-11,13,16,19H,7-8,12,14-15H2,1H3,(H,23,26)/p+1/t16-,19+/m0/s1. The average Bonchev–Trinajstić information content (AvgIpc) is 3.13. The van der Waals surface area contributed by atoms with Gasteiger partial charge in [0.15, 0.2) is 11.6 Å². The summed E-state index contributed by atoms with van der Waals surface area (Å²) < 4.78 is 1.24. The minimum atomic E-state index is 0.0313. The second-order valence-corrected chi connectivity index (χ2v) is 8.42. The normalized spacial score (nSPS) is 21.1. The highest BCUT2D eigenvalue weighted by atomic mass is 32.1. The molecular weight excluding hydrogens is 354 g/mol. The molecule has 3 atom stereocenters. The first kappa shape index (κ1) is 18.1. The molecule has 1 aromatic heterocycles. The predicted molar refractivity (Wildman–Crippen MR) is 110 cm³/mol. The number of nitrogens with one attached hydrogen (secondary N) is 2. The Hall–Kier alpha value is -2.24. The van der Waals surface area contributed by atoms with E-state index in [-0.39, 0.29) is 11.9 Å². The molecule has 1 fully saturated rings.